The highest BCUT2D eigenvalue weighted by Gasteiger charge is 2.20. The highest BCUT2D eigenvalue weighted by molar-refractivity contribution is 7.98. The molecule has 0 amide bonds. The summed E-state index contributed by atoms with van der Waals surface area (Å²) in [5.41, 5.74) is 0. The zero-order chi connectivity index (χ0) is 15.3. The topological polar surface area (TPSA) is 46.2 Å². The van der Waals surface area contributed by atoms with Gasteiger partial charge in [0.15, 0.2) is 0 Å². The molecule has 114 valence electrons. The fourth-order valence-electron chi connectivity index (χ4n) is 1.63. The zero-order valence-corrected chi connectivity index (χ0v) is 14.8. The first-order chi connectivity index (χ1) is 10.0. The minimum Gasteiger partial charge on any atom is -0.210 e. The van der Waals surface area contributed by atoms with Gasteiger partial charge in [0.25, 0.3) is 0 Å². The Balaban J connectivity index is 1.87. The Kier molecular flexibility index (Phi) is 6.40. The monoisotopic (exact) mass is 381 g/mol. The lowest BCUT2D eigenvalue weighted by molar-refractivity contribution is 0.584. The fraction of sp³-hybridized carbons (Fsp3) is 0.231. The summed E-state index contributed by atoms with van der Waals surface area (Å²) in [6.07, 6.45) is 0. The van der Waals surface area contributed by atoms with E-state index in [4.69, 9.17) is 23.2 Å². The Morgan fingerprint density at radius 2 is 1.86 bits per heavy atom. The Morgan fingerprint density at radius 3 is 2.48 bits per heavy atom. The van der Waals surface area contributed by atoms with Crippen LogP contribution in [0.3, 0.4) is 0 Å². The van der Waals surface area contributed by atoms with Crippen LogP contribution in [0.4, 0.5) is 0 Å². The standard InChI is InChI=1S/C13H13Cl2NO2S3/c14-11-4-1-5-12(15)13(11)21(17,18)16-6-8-19-9-10-3-2-7-20-10/h1-5,7,16H,6,8-9H2. The third kappa shape index (κ3) is 4.87. The highest BCUT2D eigenvalue weighted by Crippen LogP contribution is 2.28. The van der Waals surface area contributed by atoms with Gasteiger partial charge in [-0.25, -0.2) is 13.1 Å². The number of sulfonamides is 1. The Labute approximate surface area is 142 Å². The molecule has 0 bridgehead atoms. The number of hydrogen-bond acceptors (Lipinski definition) is 4. The van der Waals surface area contributed by atoms with Gasteiger partial charge in [-0.1, -0.05) is 35.3 Å². The van der Waals surface area contributed by atoms with Gasteiger partial charge in [-0.2, -0.15) is 11.8 Å². The molecule has 0 fully saturated rings. The Morgan fingerprint density at radius 1 is 1.14 bits per heavy atom. The molecule has 0 radical (unpaired) electrons. The summed E-state index contributed by atoms with van der Waals surface area (Å²) in [5, 5.41) is 2.28. The van der Waals surface area contributed by atoms with Crippen LogP contribution in [0.5, 0.6) is 0 Å². The van der Waals surface area contributed by atoms with Crippen LogP contribution in [0.25, 0.3) is 0 Å². The van der Waals surface area contributed by atoms with Gasteiger partial charge in [-0.05, 0) is 23.6 Å². The van der Waals surface area contributed by atoms with Crippen LogP contribution in [0, 0.1) is 0 Å². The predicted molar refractivity (Wildman–Crippen MR) is 92.1 cm³/mol. The molecule has 0 saturated carbocycles. The van der Waals surface area contributed by atoms with Crippen molar-refractivity contribution in [3.05, 3.63) is 50.6 Å². The maximum Gasteiger partial charge on any atom is 0.243 e. The lowest BCUT2D eigenvalue weighted by atomic mass is 10.4. The molecule has 1 aromatic heterocycles. The minimum atomic E-state index is -3.68. The van der Waals surface area contributed by atoms with Crippen LogP contribution in [-0.2, 0) is 15.8 Å². The van der Waals surface area contributed by atoms with Crippen molar-refractivity contribution >= 4 is 56.3 Å². The fourth-order valence-corrected chi connectivity index (χ4v) is 5.63. The number of nitrogens with one attached hydrogen (secondary N) is 1. The largest absolute Gasteiger partial charge is 0.243 e. The summed E-state index contributed by atoms with van der Waals surface area (Å²) in [7, 11) is -3.68. The van der Waals surface area contributed by atoms with Gasteiger partial charge in [0, 0.05) is 22.9 Å². The van der Waals surface area contributed by atoms with Crippen LogP contribution in [0.1, 0.15) is 4.88 Å². The molecule has 21 heavy (non-hydrogen) atoms. The average molecular weight is 382 g/mol. The third-order valence-electron chi connectivity index (χ3n) is 2.55. The van der Waals surface area contributed by atoms with Crippen molar-refractivity contribution in [2.24, 2.45) is 0 Å². The van der Waals surface area contributed by atoms with Crippen molar-refractivity contribution in [1.82, 2.24) is 4.72 Å². The molecular formula is C13H13Cl2NO2S3. The van der Waals surface area contributed by atoms with Crippen LogP contribution in [-0.4, -0.2) is 20.7 Å². The average Bonchev–Trinajstić information content (AvgIpc) is 2.91. The van der Waals surface area contributed by atoms with E-state index in [-0.39, 0.29) is 14.9 Å². The van der Waals surface area contributed by atoms with Gasteiger partial charge in [0.05, 0.1) is 10.0 Å². The summed E-state index contributed by atoms with van der Waals surface area (Å²) in [4.78, 5) is 1.22. The lowest BCUT2D eigenvalue weighted by Gasteiger charge is -2.09. The van der Waals surface area contributed by atoms with Crippen LogP contribution in [0.2, 0.25) is 10.0 Å². The van der Waals surface area contributed by atoms with E-state index in [1.165, 1.54) is 17.0 Å². The molecule has 0 aliphatic carbocycles. The van der Waals surface area contributed by atoms with Crippen molar-refractivity contribution in [2.75, 3.05) is 12.3 Å². The molecular weight excluding hydrogens is 369 g/mol. The second-order valence-electron chi connectivity index (χ2n) is 4.08. The predicted octanol–water partition coefficient (Wildman–Crippen LogP) is 4.27. The Bertz CT molecular complexity index is 667. The maximum atomic E-state index is 12.2. The SMILES string of the molecule is O=S(=O)(NCCSCc1cccs1)c1c(Cl)cccc1Cl. The first-order valence-corrected chi connectivity index (χ1v) is 10.3. The van der Waals surface area contributed by atoms with E-state index in [1.54, 1.807) is 29.2 Å². The van der Waals surface area contributed by atoms with Gasteiger partial charge in [0.2, 0.25) is 10.0 Å². The van der Waals surface area contributed by atoms with Gasteiger partial charge in [-0.15, -0.1) is 11.3 Å². The van der Waals surface area contributed by atoms with Crippen molar-refractivity contribution in [2.45, 2.75) is 10.6 Å². The van der Waals surface area contributed by atoms with Crippen molar-refractivity contribution in [3.8, 4) is 0 Å². The summed E-state index contributed by atoms with van der Waals surface area (Å²) >= 11 is 15.2. The maximum absolute atomic E-state index is 12.2. The molecule has 0 unspecified atom stereocenters. The number of hydrogen-bond donors (Lipinski definition) is 1. The first-order valence-electron chi connectivity index (χ1n) is 6.04. The summed E-state index contributed by atoms with van der Waals surface area (Å²) in [6.45, 7) is 0.333. The smallest absolute Gasteiger partial charge is 0.210 e. The van der Waals surface area contributed by atoms with Crippen molar-refractivity contribution in [1.29, 1.82) is 0 Å². The molecule has 0 aliphatic rings. The second kappa shape index (κ2) is 7.85. The van der Waals surface area contributed by atoms with Gasteiger partial charge < -0.3 is 0 Å². The molecule has 1 aromatic carbocycles. The molecule has 0 atom stereocenters. The van der Waals surface area contributed by atoms with Crippen LogP contribution >= 0.6 is 46.3 Å². The molecule has 0 spiro atoms. The van der Waals surface area contributed by atoms with Crippen LogP contribution in [0.15, 0.2) is 40.6 Å². The molecule has 1 heterocycles. The number of benzene rings is 1. The van der Waals surface area contributed by atoms with Crippen molar-refractivity contribution in [3.63, 3.8) is 0 Å². The Hall–Kier alpha value is -0.240. The van der Waals surface area contributed by atoms with E-state index in [0.29, 0.717) is 12.3 Å². The van der Waals surface area contributed by atoms with Gasteiger partial charge in [-0.3, -0.25) is 0 Å². The summed E-state index contributed by atoms with van der Waals surface area (Å²) in [5.74, 6) is 1.56. The molecule has 2 rings (SSSR count). The van der Waals surface area contributed by atoms with Crippen LogP contribution < -0.4 is 4.72 Å². The quantitative estimate of drug-likeness (QED) is 0.728. The van der Waals surface area contributed by atoms with Gasteiger partial charge >= 0.3 is 0 Å². The number of thiophene rings is 1. The molecule has 0 aliphatic heterocycles. The number of halogens is 2. The number of thioether (sulfide) groups is 1. The van der Waals surface area contributed by atoms with E-state index in [1.807, 2.05) is 11.4 Å². The van der Waals surface area contributed by atoms with E-state index in [0.717, 1.165) is 5.75 Å². The van der Waals surface area contributed by atoms with Crippen molar-refractivity contribution < 1.29 is 8.42 Å². The van der Waals surface area contributed by atoms with Gasteiger partial charge in [0.1, 0.15) is 4.90 Å². The van der Waals surface area contributed by atoms with E-state index in [2.05, 4.69) is 10.8 Å². The minimum absolute atomic E-state index is 0.0587. The molecule has 3 nitrogen and oxygen atoms in total. The first kappa shape index (κ1) is 17.1. The summed E-state index contributed by atoms with van der Waals surface area (Å²) in [6, 6.07) is 8.69. The summed E-state index contributed by atoms with van der Waals surface area (Å²) < 4.78 is 26.9. The molecule has 2 aromatic rings. The zero-order valence-electron chi connectivity index (χ0n) is 10.9. The molecule has 0 saturated heterocycles. The highest BCUT2D eigenvalue weighted by atomic mass is 35.5. The number of rotatable bonds is 7. The van der Waals surface area contributed by atoms with E-state index < -0.39 is 10.0 Å². The molecule has 1 N–H and O–H groups in total. The lowest BCUT2D eigenvalue weighted by Crippen LogP contribution is -2.26. The second-order valence-corrected chi connectivity index (χ2v) is 8.74. The third-order valence-corrected chi connectivity index (χ3v) is 7.03. The molecule has 8 heteroatoms. The van der Waals surface area contributed by atoms with E-state index in [9.17, 15) is 8.42 Å². The van der Waals surface area contributed by atoms with E-state index >= 15 is 0 Å². The normalized spacial score (nSPS) is 11.7.